The Hall–Kier alpha value is -2.07. The van der Waals surface area contributed by atoms with E-state index < -0.39 is 5.97 Å². The van der Waals surface area contributed by atoms with Gasteiger partial charge in [-0.1, -0.05) is 66.4 Å². The maximum Gasteiger partial charge on any atom is 0.304 e. The molecule has 3 nitrogen and oxygen atoms in total. The number of rotatable bonds is 6. The molecule has 1 N–H and O–H groups in total. The molecule has 4 heteroatoms. The largest absolute Gasteiger partial charge is 0.481 e. The van der Waals surface area contributed by atoms with Crippen LogP contribution < -0.4 is 0 Å². The first-order valence-electron chi connectivity index (χ1n) is 7.08. The third-order valence-corrected chi connectivity index (χ3v) is 4.28. The topological polar surface area (TPSA) is 54.4 Å². The molecule has 0 fully saturated rings. The number of aliphatic carboxylic acids is 1. The molecule has 2 rings (SSSR count). The molecule has 2 aromatic rings. The van der Waals surface area contributed by atoms with Crippen LogP contribution in [0.4, 0.5) is 0 Å². The molecule has 0 spiro atoms. The van der Waals surface area contributed by atoms with Gasteiger partial charge in [0.25, 0.3) is 0 Å². The van der Waals surface area contributed by atoms with Gasteiger partial charge in [-0.25, -0.2) is 0 Å². The first-order valence-corrected chi connectivity index (χ1v) is 7.96. The fourth-order valence-electron chi connectivity index (χ4n) is 2.43. The van der Waals surface area contributed by atoms with Crippen molar-refractivity contribution in [3.8, 4) is 11.1 Å². The third-order valence-electron chi connectivity index (χ3n) is 3.28. The predicted molar refractivity (Wildman–Crippen MR) is 89.9 cm³/mol. The molecule has 0 bridgehead atoms. The summed E-state index contributed by atoms with van der Waals surface area (Å²) in [6, 6.07) is 17.9. The number of carboxylic acid groups (broad SMARTS) is 1. The van der Waals surface area contributed by atoms with E-state index in [2.05, 4.69) is 0 Å². The SMILES string of the molecule is CC(=O)SC(CC(=O)O)Cc1ccccc1-c1ccccc1. The molecule has 22 heavy (non-hydrogen) atoms. The number of hydrogen-bond acceptors (Lipinski definition) is 3. The Bertz CT molecular complexity index is 636. The number of hydrogen-bond donors (Lipinski definition) is 1. The van der Waals surface area contributed by atoms with Crippen molar-refractivity contribution in [2.45, 2.75) is 25.0 Å². The first kappa shape index (κ1) is 16.3. The minimum atomic E-state index is -0.879. The highest BCUT2D eigenvalue weighted by Gasteiger charge is 2.18. The van der Waals surface area contributed by atoms with E-state index in [0.29, 0.717) is 6.42 Å². The lowest BCUT2D eigenvalue weighted by molar-refractivity contribution is -0.136. The van der Waals surface area contributed by atoms with Crippen molar-refractivity contribution in [2.24, 2.45) is 0 Å². The van der Waals surface area contributed by atoms with Crippen molar-refractivity contribution in [2.75, 3.05) is 0 Å². The quantitative estimate of drug-likeness (QED) is 0.875. The van der Waals surface area contributed by atoms with Gasteiger partial charge in [0, 0.05) is 12.2 Å². The summed E-state index contributed by atoms with van der Waals surface area (Å²) in [4.78, 5) is 22.4. The van der Waals surface area contributed by atoms with E-state index in [1.807, 2.05) is 54.6 Å². The van der Waals surface area contributed by atoms with Crippen molar-refractivity contribution in [3.63, 3.8) is 0 Å². The van der Waals surface area contributed by atoms with Gasteiger partial charge < -0.3 is 5.11 Å². The van der Waals surface area contributed by atoms with Crippen LogP contribution in [0.5, 0.6) is 0 Å². The minimum absolute atomic E-state index is 0.0205. The Kier molecular flexibility index (Phi) is 5.78. The summed E-state index contributed by atoms with van der Waals surface area (Å²) in [5.74, 6) is -0.879. The van der Waals surface area contributed by atoms with E-state index in [0.717, 1.165) is 28.5 Å². The molecule has 0 aliphatic carbocycles. The molecule has 0 aliphatic heterocycles. The predicted octanol–water partition coefficient (Wildman–Crippen LogP) is 4.02. The molecular formula is C18H18O3S. The Balaban J connectivity index is 2.27. The lowest BCUT2D eigenvalue weighted by atomic mass is 9.96. The summed E-state index contributed by atoms with van der Waals surface area (Å²) in [6.45, 7) is 1.47. The van der Waals surface area contributed by atoms with Crippen LogP contribution in [0.15, 0.2) is 54.6 Å². The van der Waals surface area contributed by atoms with E-state index in [1.165, 1.54) is 6.92 Å². The van der Waals surface area contributed by atoms with Crippen LogP contribution in [0, 0.1) is 0 Å². The highest BCUT2D eigenvalue weighted by Crippen LogP contribution is 2.28. The zero-order chi connectivity index (χ0) is 15.9. The average molecular weight is 314 g/mol. The fraction of sp³-hybridized carbons (Fsp3) is 0.222. The van der Waals surface area contributed by atoms with Crippen LogP contribution in [-0.2, 0) is 16.0 Å². The summed E-state index contributed by atoms with van der Waals surface area (Å²) in [5.41, 5.74) is 3.25. The highest BCUT2D eigenvalue weighted by molar-refractivity contribution is 8.14. The van der Waals surface area contributed by atoms with Crippen molar-refractivity contribution in [3.05, 3.63) is 60.2 Å². The maximum absolute atomic E-state index is 11.4. The molecule has 0 aromatic heterocycles. The number of carbonyl (C=O) groups excluding carboxylic acids is 1. The van der Waals surface area contributed by atoms with Crippen LogP contribution in [0.25, 0.3) is 11.1 Å². The molecule has 2 aromatic carbocycles. The van der Waals surface area contributed by atoms with Gasteiger partial charge in [-0.2, -0.15) is 0 Å². The minimum Gasteiger partial charge on any atom is -0.481 e. The van der Waals surface area contributed by atoms with E-state index in [4.69, 9.17) is 5.11 Å². The zero-order valence-electron chi connectivity index (χ0n) is 12.4. The van der Waals surface area contributed by atoms with Gasteiger partial charge in [-0.15, -0.1) is 0 Å². The van der Waals surface area contributed by atoms with Crippen molar-refractivity contribution < 1.29 is 14.7 Å². The van der Waals surface area contributed by atoms with Crippen molar-refractivity contribution >= 4 is 22.8 Å². The standard InChI is InChI=1S/C18H18O3S/c1-13(19)22-16(12-18(20)21)11-15-9-5-6-10-17(15)14-7-3-2-4-8-14/h2-10,16H,11-12H2,1H3,(H,20,21). The van der Waals surface area contributed by atoms with Crippen molar-refractivity contribution in [1.29, 1.82) is 0 Å². The molecular weight excluding hydrogens is 296 g/mol. The second kappa shape index (κ2) is 7.80. The Morgan fingerprint density at radius 3 is 2.32 bits per heavy atom. The molecule has 114 valence electrons. The molecule has 1 unspecified atom stereocenters. The Morgan fingerprint density at radius 2 is 1.68 bits per heavy atom. The number of carbonyl (C=O) groups is 2. The van der Waals surface area contributed by atoms with Crippen molar-refractivity contribution in [1.82, 2.24) is 0 Å². The van der Waals surface area contributed by atoms with Gasteiger partial charge in [-0.05, 0) is 23.1 Å². The van der Waals surface area contributed by atoms with E-state index in [-0.39, 0.29) is 16.8 Å². The second-order valence-corrected chi connectivity index (χ2v) is 6.53. The van der Waals surface area contributed by atoms with Gasteiger partial charge in [0.1, 0.15) is 0 Å². The third kappa shape index (κ3) is 4.74. The van der Waals surface area contributed by atoms with Crippen LogP contribution >= 0.6 is 11.8 Å². The first-order chi connectivity index (χ1) is 10.6. The fourth-order valence-corrected chi connectivity index (χ4v) is 3.39. The Labute approximate surface area is 134 Å². The summed E-state index contributed by atoms with van der Waals surface area (Å²) in [7, 11) is 0. The number of benzene rings is 2. The highest BCUT2D eigenvalue weighted by atomic mass is 32.2. The van der Waals surface area contributed by atoms with Gasteiger partial charge in [0.15, 0.2) is 5.12 Å². The normalized spacial score (nSPS) is 11.9. The lowest BCUT2D eigenvalue weighted by Crippen LogP contribution is -2.15. The van der Waals surface area contributed by atoms with E-state index in [9.17, 15) is 9.59 Å². The van der Waals surface area contributed by atoms with Crippen LogP contribution in [0.3, 0.4) is 0 Å². The van der Waals surface area contributed by atoms with Gasteiger partial charge in [0.2, 0.25) is 0 Å². The van der Waals surface area contributed by atoms with Crippen LogP contribution in [0.2, 0.25) is 0 Å². The molecule has 0 radical (unpaired) electrons. The van der Waals surface area contributed by atoms with Gasteiger partial charge in [0.05, 0.1) is 6.42 Å². The van der Waals surface area contributed by atoms with Crippen LogP contribution in [-0.4, -0.2) is 21.4 Å². The molecule has 0 saturated carbocycles. The van der Waals surface area contributed by atoms with E-state index >= 15 is 0 Å². The summed E-state index contributed by atoms with van der Waals surface area (Å²) >= 11 is 1.11. The smallest absolute Gasteiger partial charge is 0.304 e. The maximum atomic E-state index is 11.4. The Morgan fingerprint density at radius 1 is 1.05 bits per heavy atom. The summed E-state index contributed by atoms with van der Waals surface area (Å²) in [5, 5.41) is 8.73. The zero-order valence-corrected chi connectivity index (χ0v) is 13.2. The monoisotopic (exact) mass is 314 g/mol. The lowest BCUT2D eigenvalue weighted by Gasteiger charge is -2.16. The van der Waals surface area contributed by atoms with Gasteiger partial charge >= 0.3 is 5.97 Å². The van der Waals surface area contributed by atoms with Crippen LogP contribution in [0.1, 0.15) is 18.9 Å². The number of carboxylic acids is 1. The summed E-state index contributed by atoms with van der Waals surface area (Å²) in [6.07, 6.45) is 0.537. The molecule has 1 atom stereocenters. The molecule has 0 heterocycles. The molecule has 0 saturated heterocycles. The summed E-state index contributed by atoms with van der Waals surface area (Å²) < 4.78 is 0. The van der Waals surface area contributed by atoms with E-state index in [1.54, 1.807) is 0 Å². The molecule has 0 aliphatic rings. The second-order valence-electron chi connectivity index (χ2n) is 5.06. The van der Waals surface area contributed by atoms with Gasteiger partial charge in [-0.3, -0.25) is 9.59 Å². The average Bonchev–Trinajstić information content (AvgIpc) is 2.47. The number of thioether (sulfide) groups is 1. The molecule has 0 amide bonds.